The molecule has 186 valence electrons. The second-order valence-electron chi connectivity index (χ2n) is 9.66. The van der Waals surface area contributed by atoms with Crippen molar-refractivity contribution < 1.29 is 33.7 Å². The molecule has 34 heavy (non-hydrogen) atoms. The highest BCUT2D eigenvalue weighted by Crippen LogP contribution is 2.65. The highest BCUT2D eigenvalue weighted by molar-refractivity contribution is 6.03. The normalized spacial score (nSPS) is 34.6. The average molecular weight is 475 g/mol. The Kier molecular flexibility index (Phi) is 6.37. The van der Waals surface area contributed by atoms with Gasteiger partial charge < -0.3 is 29.5 Å². The summed E-state index contributed by atoms with van der Waals surface area (Å²) in [6, 6.07) is 5.33. The number of fused-ring (bicyclic) bond motifs is 1. The molecule has 4 rings (SSSR count). The Balaban J connectivity index is 1.77. The zero-order valence-corrected chi connectivity index (χ0v) is 20.4. The molecule has 9 nitrogen and oxygen atoms in total. The van der Waals surface area contributed by atoms with Crippen molar-refractivity contribution in [1.82, 2.24) is 4.90 Å². The number of aliphatic hydroxyl groups is 1. The zero-order valence-electron chi connectivity index (χ0n) is 20.4. The van der Waals surface area contributed by atoms with Gasteiger partial charge in [-0.2, -0.15) is 0 Å². The molecule has 9 heteroatoms. The number of nitrogens with zero attached hydrogens (tertiary/aromatic N) is 1. The van der Waals surface area contributed by atoms with Crippen molar-refractivity contribution >= 4 is 23.5 Å². The molecule has 2 bridgehead atoms. The number of hydrogen-bond acceptors (Lipinski definition) is 7. The van der Waals surface area contributed by atoms with Gasteiger partial charge in [0, 0.05) is 5.69 Å². The lowest BCUT2D eigenvalue weighted by Crippen LogP contribution is -2.56. The Morgan fingerprint density at radius 3 is 2.53 bits per heavy atom. The van der Waals surface area contributed by atoms with Gasteiger partial charge >= 0.3 is 5.97 Å². The van der Waals surface area contributed by atoms with Crippen LogP contribution < -0.4 is 10.1 Å². The molecule has 0 saturated carbocycles. The minimum Gasteiger partial charge on any atom is -0.497 e. The van der Waals surface area contributed by atoms with E-state index in [0.29, 0.717) is 24.3 Å². The van der Waals surface area contributed by atoms with Crippen LogP contribution in [-0.2, 0) is 23.9 Å². The fourth-order valence-electron chi connectivity index (χ4n) is 6.26. The topological polar surface area (TPSA) is 114 Å². The predicted molar refractivity (Wildman–Crippen MR) is 123 cm³/mol. The van der Waals surface area contributed by atoms with Gasteiger partial charge in [0.15, 0.2) is 0 Å². The molecule has 3 aliphatic rings. The lowest BCUT2D eigenvalue weighted by atomic mass is 9.62. The van der Waals surface area contributed by atoms with Crippen LogP contribution in [0.4, 0.5) is 5.69 Å². The van der Waals surface area contributed by atoms with E-state index in [0.717, 1.165) is 0 Å². The second-order valence-corrected chi connectivity index (χ2v) is 9.66. The van der Waals surface area contributed by atoms with E-state index < -0.39 is 47.0 Å². The molecule has 3 aliphatic heterocycles. The number of rotatable bonds is 8. The van der Waals surface area contributed by atoms with Crippen molar-refractivity contribution in [2.24, 2.45) is 17.8 Å². The van der Waals surface area contributed by atoms with Crippen LogP contribution in [0.25, 0.3) is 0 Å². The first-order valence-electron chi connectivity index (χ1n) is 11.9. The molecular formula is C25H34N2O7. The summed E-state index contributed by atoms with van der Waals surface area (Å²) in [6.45, 7) is 7.28. The first-order valence-corrected chi connectivity index (χ1v) is 11.9. The number of carbonyl (C=O) groups excluding carboxylic acids is 3. The highest BCUT2D eigenvalue weighted by Gasteiger charge is 2.80. The largest absolute Gasteiger partial charge is 0.497 e. The van der Waals surface area contributed by atoms with Crippen molar-refractivity contribution in [3.63, 3.8) is 0 Å². The Hall–Kier alpha value is -2.65. The van der Waals surface area contributed by atoms with Gasteiger partial charge in [-0.15, -0.1) is 0 Å². The third-order valence-corrected chi connectivity index (χ3v) is 7.97. The van der Waals surface area contributed by atoms with Crippen molar-refractivity contribution in [3.8, 4) is 5.75 Å². The quantitative estimate of drug-likeness (QED) is 0.554. The summed E-state index contributed by atoms with van der Waals surface area (Å²) in [5.41, 5.74) is -1.55. The lowest BCUT2D eigenvalue weighted by Gasteiger charge is -2.36. The number of anilines is 1. The zero-order chi connectivity index (χ0) is 24.8. The number of aliphatic hydroxyl groups excluding tert-OH is 1. The van der Waals surface area contributed by atoms with E-state index in [9.17, 15) is 19.5 Å². The Morgan fingerprint density at radius 1 is 1.29 bits per heavy atom. The van der Waals surface area contributed by atoms with Gasteiger partial charge in [-0.1, -0.05) is 13.8 Å². The van der Waals surface area contributed by atoms with Crippen molar-refractivity contribution in [1.29, 1.82) is 0 Å². The molecule has 2 amide bonds. The average Bonchev–Trinajstić information content (AvgIpc) is 3.32. The number of carbonyl (C=O) groups is 3. The maximum atomic E-state index is 13.9. The van der Waals surface area contributed by atoms with E-state index >= 15 is 0 Å². The molecule has 2 N–H and O–H groups in total. The third kappa shape index (κ3) is 3.40. The van der Waals surface area contributed by atoms with Gasteiger partial charge in [0.25, 0.3) is 0 Å². The Labute approximate surface area is 199 Å². The first kappa shape index (κ1) is 24.5. The number of hydrogen-bond donors (Lipinski definition) is 2. The summed E-state index contributed by atoms with van der Waals surface area (Å²) < 4.78 is 17.1. The van der Waals surface area contributed by atoms with Crippen LogP contribution in [0.5, 0.6) is 5.75 Å². The van der Waals surface area contributed by atoms with Gasteiger partial charge in [-0.3, -0.25) is 14.4 Å². The van der Waals surface area contributed by atoms with Gasteiger partial charge in [0.2, 0.25) is 11.8 Å². The molecule has 3 saturated heterocycles. The van der Waals surface area contributed by atoms with E-state index in [-0.39, 0.29) is 25.0 Å². The molecule has 3 heterocycles. The standard InChI is InChI=1S/C25H34N2O7/c1-6-16(13-28)27-20(21(29)26-15-8-10-17(32-5)11-9-15)25-12-14(3)24(4,34-25)19(18(25)22(27)30)23(31)33-7-2/h8-11,14,16,18-20,28H,6-7,12-13H2,1-5H3,(H,26,29)/t14?,16-,18-,19+,20?,24-,25?/m0/s1. The van der Waals surface area contributed by atoms with E-state index in [1.54, 1.807) is 38.3 Å². The van der Waals surface area contributed by atoms with Crippen molar-refractivity contribution in [3.05, 3.63) is 24.3 Å². The lowest BCUT2D eigenvalue weighted by molar-refractivity contribution is -0.161. The van der Waals surface area contributed by atoms with Crippen molar-refractivity contribution in [2.45, 2.75) is 63.8 Å². The molecule has 0 aromatic heterocycles. The maximum Gasteiger partial charge on any atom is 0.312 e. The molecule has 3 fully saturated rings. The predicted octanol–water partition coefficient (Wildman–Crippen LogP) is 1.98. The summed E-state index contributed by atoms with van der Waals surface area (Å²) in [6.07, 6.45) is 0.906. The minimum absolute atomic E-state index is 0.0728. The molecular weight excluding hydrogens is 440 g/mol. The van der Waals surface area contributed by atoms with Crippen LogP contribution in [0.3, 0.4) is 0 Å². The number of methoxy groups -OCH3 is 1. The number of ether oxygens (including phenoxy) is 3. The van der Waals surface area contributed by atoms with Crippen LogP contribution >= 0.6 is 0 Å². The van der Waals surface area contributed by atoms with Crippen LogP contribution in [0, 0.1) is 17.8 Å². The Bertz CT molecular complexity index is 963. The smallest absolute Gasteiger partial charge is 0.312 e. The van der Waals surface area contributed by atoms with Crippen molar-refractivity contribution in [2.75, 3.05) is 25.6 Å². The molecule has 1 spiro atoms. The number of likely N-dealkylation sites (tertiary alicyclic amines) is 1. The molecule has 1 aromatic carbocycles. The fraction of sp³-hybridized carbons (Fsp3) is 0.640. The monoisotopic (exact) mass is 474 g/mol. The summed E-state index contributed by atoms with van der Waals surface area (Å²) in [4.78, 5) is 42.2. The minimum atomic E-state index is -1.18. The molecule has 0 radical (unpaired) electrons. The number of esters is 1. The van der Waals surface area contributed by atoms with Crippen LogP contribution in [-0.4, -0.2) is 71.4 Å². The fourth-order valence-corrected chi connectivity index (χ4v) is 6.26. The first-order chi connectivity index (χ1) is 16.2. The second kappa shape index (κ2) is 8.85. The molecule has 1 aromatic rings. The van der Waals surface area contributed by atoms with Crippen LogP contribution in [0.1, 0.15) is 40.5 Å². The molecule has 7 atom stereocenters. The SMILES string of the molecule is CCOC(=O)[C@H]1[C@H]2C(=O)N([C@@H](CC)CO)C(C(=O)Nc3ccc(OC)cc3)C23CC(C)[C@]1(C)O3. The summed E-state index contributed by atoms with van der Waals surface area (Å²) in [5.74, 6) is -2.32. The van der Waals surface area contributed by atoms with Gasteiger partial charge in [0.05, 0.1) is 37.9 Å². The molecule has 0 aliphatic carbocycles. The van der Waals surface area contributed by atoms with E-state index in [4.69, 9.17) is 14.2 Å². The van der Waals surface area contributed by atoms with Gasteiger partial charge in [-0.05, 0) is 56.9 Å². The van der Waals surface area contributed by atoms with Crippen LogP contribution in [0.15, 0.2) is 24.3 Å². The third-order valence-electron chi connectivity index (χ3n) is 7.97. The van der Waals surface area contributed by atoms with Gasteiger partial charge in [0.1, 0.15) is 23.3 Å². The highest BCUT2D eigenvalue weighted by atomic mass is 16.6. The Morgan fingerprint density at radius 2 is 1.97 bits per heavy atom. The van der Waals surface area contributed by atoms with Gasteiger partial charge in [-0.25, -0.2) is 0 Å². The van der Waals surface area contributed by atoms with E-state index in [1.807, 2.05) is 20.8 Å². The van der Waals surface area contributed by atoms with Crippen LogP contribution in [0.2, 0.25) is 0 Å². The van der Waals surface area contributed by atoms with E-state index in [2.05, 4.69) is 5.32 Å². The number of nitrogens with one attached hydrogen (secondary N) is 1. The number of amides is 2. The maximum absolute atomic E-state index is 13.9. The number of benzene rings is 1. The van der Waals surface area contributed by atoms with E-state index in [1.165, 1.54) is 4.90 Å². The summed E-state index contributed by atoms with van der Waals surface area (Å²) >= 11 is 0. The summed E-state index contributed by atoms with van der Waals surface area (Å²) in [5, 5.41) is 13.0. The molecule has 3 unspecified atom stereocenters. The summed E-state index contributed by atoms with van der Waals surface area (Å²) in [7, 11) is 1.56.